The summed E-state index contributed by atoms with van der Waals surface area (Å²) in [6, 6.07) is 0. The van der Waals surface area contributed by atoms with Gasteiger partial charge in [0.1, 0.15) is 0 Å². The molecule has 1 unspecified atom stereocenters. The molecule has 2 nitrogen and oxygen atoms in total. The molecule has 0 bridgehead atoms. The Morgan fingerprint density at radius 1 is 1.30 bits per heavy atom. The van der Waals surface area contributed by atoms with Gasteiger partial charge in [0.15, 0.2) is 0 Å². The van der Waals surface area contributed by atoms with Crippen LogP contribution in [0.25, 0.3) is 0 Å². The molecule has 1 saturated carbocycles. The minimum absolute atomic E-state index is 0.120. The van der Waals surface area contributed by atoms with E-state index in [0.717, 1.165) is 15.6 Å². The van der Waals surface area contributed by atoms with Crippen LogP contribution in [0.4, 0.5) is 13.2 Å². The molecule has 1 heterocycles. The van der Waals surface area contributed by atoms with Crippen LogP contribution in [0.3, 0.4) is 0 Å². The number of rotatable bonds is 3. The Balaban J connectivity index is 2.04. The topological polar surface area (TPSA) is 33.1 Å². The van der Waals surface area contributed by atoms with Crippen LogP contribution >= 0.6 is 11.3 Å². The first kappa shape index (κ1) is 15.8. The lowest BCUT2D eigenvalue weighted by Crippen LogP contribution is -2.27. The zero-order valence-corrected chi connectivity index (χ0v) is 12.5. The summed E-state index contributed by atoms with van der Waals surface area (Å²) in [4.78, 5) is 5.33. The van der Waals surface area contributed by atoms with Gasteiger partial charge in [-0.15, -0.1) is 11.3 Å². The molecule has 1 aliphatic rings. The highest BCUT2D eigenvalue weighted by Crippen LogP contribution is 2.44. The van der Waals surface area contributed by atoms with Crippen molar-refractivity contribution >= 4 is 11.3 Å². The zero-order valence-electron chi connectivity index (χ0n) is 11.7. The lowest BCUT2D eigenvalue weighted by Gasteiger charge is -2.28. The van der Waals surface area contributed by atoms with Crippen molar-refractivity contribution in [3.8, 4) is 0 Å². The average Bonchev–Trinajstić information content (AvgIpc) is 2.79. The summed E-state index contributed by atoms with van der Waals surface area (Å²) in [5, 5.41) is 10.8. The van der Waals surface area contributed by atoms with E-state index < -0.39 is 18.2 Å². The molecule has 0 saturated heterocycles. The number of hydrogen-bond donors (Lipinski definition) is 1. The molecule has 1 atom stereocenters. The summed E-state index contributed by atoms with van der Waals surface area (Å²) < 4.78 is 37.9. The summed E-state index contributed by atoms with van der Waals surface area (Å²) in [7, 11) is 0. The predicted molar refractivity (Wildman–Crippen MR) is 72.9 cm³/mol. The molecule has 0 radical (unpaired) electrons. The third-order valence-corrected chi connectivity index (χ3v) is 5.50. The molecule has 20 heavy (non-hydrogen) atoms. The molecule has 1 aromatic heterocycles. The van der Waals surface area contributed by atoms with Crippen molar-refractivity contribution in [2.45, 2.75) is 64.1 Å². The molecule has 0 aliphatic heterocycles. The van der Waals surface area contributed by atoms with Gasteiger partial charge in [-0.3, -0.25) is 0 Å². The van der Waals surface area contributed by atoms with E-state index in [-0.39, 0.29) is 18.8 Å². The van der Waals surface area contributed by atoms with Crippen LogP contribution in [-0.4, -0.2) is 16.3 Å². The Bertz CT molecular complexity index is 450. The first-order valence-corrected chi connectivity index (χ1v) is 7.86. The number of halogens is 3. The van der Waals surface area contributed by atoms with Gasteiger partial charge < -0.3 is 5.11 Å². The number of aliphatic hydroxyl groups is 1. The fourth-order valence-electron chi connectivity index (χ4n) is 2.77. The monoisotopic (exact) mass is 307 g/mol. The summed E-state index contributed by atoms with van der Waals surface area (Å²) >= 11 is 1.47. The molecule has 6 heteroatoms. The summed E-state index contributed by atoms with van der Waals surface area (Å²) in [5.41, 5.74) is 0.817. The van der Waals surface area contributed by atoms with Crippen molar-refractivity contribution in [1.29, 1.82) is 0 Å². The van der Waals surface area contributed by atoms with Crippen molar-refractivity contribution in [2.24, 2.45) is 5.92 Å². The van der Waals surface area contributed by atoms with Crippen molar-refractivity contribution in [2.75, 3.05) is 0 Å². The van der Waals surface area contributed by atoms with Gasteiger partial charge in [0, 0.05) is 5.92 Å². The summed E-state index contributed by atoms with van der Waals surface area (Å²) in [6.07, 6.45) is -2.47. The summed E-state index contributed by atoms with van der Waals surface area (Å²) in [6.45, 7) is 3.76. The van der Waals surface area contributed by atoms with Crippen LogP contribution in [-0.2, 0) is 0 Å². The van der Waals surface area contributed by atoms with Crippen LogP contribution in [0, 0.1) is 12.8 Å². The fourth-order valence-corrected chi connectivity index (χ4v) is 4.07. The molecule has 0 spiro atoms. The number of nitrogens with zero attached hydrogens (tertiary/aromatic N) is 1. The van der Waals surface area contributed by atoms with E-state index in [2.05, 4.69) is 4.98 Å². The zero-order chi connectivity index (χ0) is 14.9. The van der Waals surface area contributed by atoms with E-state index >= 15 is 0 Å². The molecular formula is C14H20F3NOS. The van der Waals surface area contributed by atoms with Gasteiger partial charge >= 0.3 is 6.18 Å². The number of aliphatic hydroxyl groups excluding tert-OH is 1. The van der Waals surface area contributed by atoms with Crippen LogP contribution in [0.2, 0.25) is 0 Å². The smallest absolute Gasteiger partial charge is 0.388 e. The minimum atomic E-state index is -4.06. The molecule has 1 fully saturated rings. The molecule has 1 aromatic rings. The maximum atomic E-state index is 12.6. The van der Waals surface area contributed by atoms with Crippen molar-refractivity contribution in [1.82, 2.24) is 4.98 Å². The quantitative estimate of drug-likeness (QED) is 0.875. The van der Waals surface area contributed by atoms with E-state index in [9.17, 15) is 18.3 Å². The summed E-state index contributed by atoms with van der Waals surface area (Å²) in [5.74, 6) is -1.03. The number of aromatic nitrogens is 1. The first-order valence-electron chi connectivity index (χ1n) is 7.04. The van der Waals surface area contributed by atoms with Crippen molar-refractivity contribution in [3.63, 3.8) is 0 Å². The highest BCUT2D eigenvalue weighted by Gasteiger charge is 2.42. The Morgan fingerprint density at radius 2 is 1.90 bits per heavy atom. The second-order valence-electron chi connectivity index (χ2n) is 5.52. The lowest BCUT2D eigenvalue weighted by molar-refractivity contribution is -0.182. The van der Waals surface area contributed by atoms with E-state index in [1.54, 1.807) is 0 Å². The largest absolute Gasteiger partial charge is 0.391 e. The highest BCUT2D eigenvalue weighted by atomic mass is 32.1. The molecule has 0 aromatic carbocycles. The Hall–Kier alpha value is -0.620. The van der Waals surface area contributed by atoms with Gasteiger partial charge in [0.25, 0.3) is 0 Å². The fraction of sp³-hybridized carbons (Fsp3) is 0.786. The van der Waals surface area contributed by atoms with Crippen LogP contribution in [0.1, 0.15) is 66.6 Å². The first-order chi connectivity index (χ1) is 9.32. The normalized spacial score (nSPS) is 25.7. The van der Waals surface area contributed by atoms with Gasteiger partial charge in [0.05, 0.1) is 27.6 Å². The highest BCUT2D eigenvalue weighted by molar-refractivity contribution is 7.11. The predicted octanol–water partition coefficient (Wildman–Crippen LogP) is 4.73. The Morgan fingerprint density at radius 3 is 2.40 bits per heavy atom. The van der Waals surface area contributed by atoms with Gasteiger partial charge in [-0.25, -0.2) is 4.98 Å². The second-order valence-corrected chi connectivity index (χ2v) is 6.58. The molecule has 114 valence electrons. The maximum Gasteiger partial charge on any atom is 0.391 e. The SMILES string of the molecule is CCC(O)c1sc([C@H]2CC[C@H](C(F)(F)F)CC2)nc1C. The standard InChI is InChI=1S/C14H20F3NOS/c1-3-11(19)12-8(2)18-13(20-12)9-4-6-10(7-5-9)14(15,16)17/h9-11,19H,3-7H2,1-2H3/t9-,10-,11?. The van der Waals surface area contributed by atoms with Gasteiger partial charge in [-0.2, -0.15) is 13.2 Å². The van der Waals surface area contributed by atoms with Crippen LogP contribution in [0.15, 0.2) is 0 Å². The molecule has 2 rings (SSSR count). The van der Waals surface area contributed by atoms with Crippen LogP contribution in [0.5, 0.6) is 0 Å². The minimum Gasteiger partial charge on any atom is -0.388 e. The van der Waals surface area contributed by atoms with E-state index in [4.69, 9.17) is 0 Å². The van der Waals surface area contributed by atoms with E-state index in [1.165, 1.54) is 11.3 Å². The van der Waals surface area contributed by atoms with Gasteiger partial charge in [-0.1, -0.05) is 6.92 Å². The van der Waals surface area contributed by atoms with E-state index in [1.807, 2.05) is 13.8 Å². The molecular weight excluding hydrogens is 287 g/mol. The number of aryl methyl sites for hydroxylation is 1. The molecule has 0 amide bonds. The van der Waals surface area contributed by atoms with E-state index in [0.29, 0.717) is 19.3 Å². The Kier molecular flexibility index (Phi) is 4.74. The van der Waals surface area contributed by atoms with Gasteiger partial charge in [-0.05, 0) is 39.0 Å². The second kappa shape index (κ2) is 6.02. The van der Waals surface area contributed by atoms with Crippen molar-refractivity contribution in [3.05, 3.63) is 15.6 Å². The number of hydrogen-bond acceptors (Lipinski definition) is 3. The third kappa shape index (κ3) is 3.34. The van der Waals surface area contributed by atoms with Crippen molar-refractivity contribution < 1.29 is 18.3 Å². The molecule has 1 N–H and O–H groups in total. The average molecular weight is 307 g/mol. The van der Waals surface area contributed by atoms with Crippen LogP contribution < -0.4 is 0 Å². The number of thiazole rings is 1. The van der Waals surface area contributed by atoms with Gasteiger partial charge in [0.2, 0.25) is 0 Å². The lowest BCUT2D eigenvalue weighted by atomic mass is 9.82. The maximum absolute atomic E-state index is 12.6. The molecule has 1 aliphatic carbocycles. The third-order valence-electron chi connectivity index (χ3n) is 4.08. The Labute approximate surface area is 121 Å². The number of alkyl halides is 3.